The summed E-state index contributed by atoms with van der Waals surface area (Å²) < 4.78 is 0. The number of primary amides is 1. The van der Waals surface area contributed by atoms with Gasteiger partial charge in [0.05, 0.1) is 0 Å². The lowest BCUT2D eigenvalue weighted by molar-refractivity contribution is -0.124. The van der Waals surface area contributed by atoms with Gasteiger partial charge in [-0.1, -0.05) is 20.3 Å². The Morgan fingerprint density at radius 1 is 1.47 bits per heavy atom. The van der Waals surface area contributed by atoms with Crippen molar-refractivity contribution in [3.8, 4) is 0 Å². The minimum absolute atomic E-state index is 0.287. The third-order valence-electron chi connectivity index (χ3n) is 3.63. The van der Waals surface area contributed by atoms with E-state index in [1.54, 1.807) is 7.05 Å². The van der Waals surface area contributed by atoms with E-state index >= 15 is 0 Å². The van der Waals surface area contributed by atoms with Crippen molar-refractivity contribution in [1.82, 2.24) is 10.2 Å². The number of nitrogens with one attached hydrogen (secondary N) is 1. The lowest BCUT2D eigenvalue weighted by Crippen LogP contribution is -2.59. The van der Waals surface area contributed by atoms with E-state index in [-0.39, 0.29) is 5.91 Å². The third kappa shape index (κ3) is 5.04. The van der Waals surface area contributed by atoms with Gasteiger partial charge in [-0.15, -0.1) is 0 Å². The quantitative estimate of drug-likeness (QED) is 0.643. The zero-order valence-corrected chi connectivity index (χ0v) is 12.0. The predicted octanol–water partition coefficient (Wildman–Crippen LogP) is 1.35. The maximum Gasteiger partial charge on any atom is 0.238 e. The summed E-state index contributed by atoms with van der Waals surface area (Å²) in [5.41, 5.74) is 4.83. The summed E-state index contributed by atoms with van der Waals surface area (Å²) in [6.45, 7) is 10.1. The van der Waals surface area contributed by atoms with Crippen molar-refractivity contribution >= 4 is 5.91 Å². The Morgan fingerprint density at radius 3 is 2.41 bits per heavy atom. The molecule has 0 aromatic carbocycles. The number of carbonyl (C=O) groups excluding carboxylic acids is 1. The summed E-state index contributed by atoms with van der Waals surface area (Å²) >= 11 is 0. The van der Waals surface area contributed by atoms with E-state index in [1.807, 2.05) is 6.92 Å². The topological polar surface area (TPSA) is 58.4 Å². The molecule has 4 nitrogen and oxygen atoms in total. The van der Waals surface area contributed by atoms with Crippen molar-refractivity contribution in [1.29, 1.82) is 0 Å². The van der Waals surface area contributed by atoms with Crippen molar-refractivity contribution in [3.05, 3.63) is 0 Å². The molecule has 4 heteroatoms. The summed E-state index contributed by atoms with van der Waals surface area (Å²) in [4.78, 5) is 13.9. The molecular formula is C13H29N3O. The number of unbranched alkanes of at least 4 members (excludes halogenated alkanes) is 1. The van der Waals surface area contributed by atoms with Crippen LogP contribution in [0.4, 0.5) is 0 Å². The summed E-state index contributed by atoms with van der Waals surface area (Å²) in [5, 5.41) is 3.05. The zero-order valence-electron chi connectivity index (χ0n) is 12.0. The number of hydrogen-bond donors (Lipinski definition) is 2. The van der Waals surface area contributed by atoms with E-state index in [2.05, 4.69) is 31.0 Å². The lowest BCUT2D eigenvalue weighted by atomic mass is 9.99. The molecule has 2 atom stereocenters. The van der Waals surface area contributed by atoms with Crippen LogP contribution in [0, 0.1) is 0 Å². The number of nitrogens with two attached hydrogens (primary N) is 1. The van der Waals surface area contributed by atoms with Crippen LogP contribution in [0.3, 0.4) is 0 Å². The van der Waals surface area contributed by atoms with Crippen LogP contribution in [-0.4, -0.2) is 42.5 Å². The second-order valence-corrected chi connectivity index (χ2v) is 5.03. The number of amides is 1. The monoisotopic (exact) mass is 243 g/mol. The average molecular weight is 243 g/mol. The van der Waals surface area contributed by atoms with Gasteiger partial charge in [-0.05, 0) is 40.3 Å². The Bertz CT molecular complexity index is 233. The van der Waals surface area contributed by atoms with Crippen LogP contribution in [0.15, 0.2) is 0 Å². The van der Waals surface area contributed by atoms with Gasteiger partial charge in [0, 0.05) is 12.6 Å². The van der Waals surface area contributed by atoms with Crippen molar-refractivity contribution in [2.24, 2.45) is 5.73 Å². The van der Waals surface area contributed by atoms with E-state index in [9.17, 15) is 4.79 Å². The molecular weight excluding hydrogens is 214 g/mol. The van der Waals surface area contributed by atoms with Gasteiger partial charge in [0.1, 0.15) is 5.54 Å². The van der Waals surface area contributed by atoms with Gasteiger partial charge in [-0.25, -0.2) is 0 Å². The molecule has 1 amide bonds. The maximum atomic E-state index is 11.5. The molecule has 0 rings (SSSR count). The highest BCUT2D eigenvalue weighted by Crippen LogP contribution is 2.12. The van der Waals surface area contributed by atoms with Gasteiger partial charge in [-0.2, -0.15) is 0 Å². The molecule has 0 aromatic heterocycles. The molecule has 0 spiro atoms. The van der Waals surface area contributed by atoms with E-state index in [0.29, 0.717) is 12.6 Å². The number of rotatable bonds is 9. The molecule has 0 aliphatic carbocycles. The van der Waals surface area contributed by atoms with Crippen molar-refractivity contribution in [2.75, 3.05) is 20.1 Å². The smallest absolute Gasteiger partial charge is 0.238 e. The molecule has 0 bridgehead atoms. The molecule has 102 valence electrons. The van der Waals surface area contributed by atoms with Gasteiger partial charge >= 0.3 is 0 Å². The minimum Gasteiger partial charge on any atom is -0.368 e. The van der Waals surface area contributed by atoms with E-state index < -0.39 is 5.54 Å². The third-order valence-corrected chi connectivity index (χ3v) is 3.63. The molecule has 0 saturated heterocycles. The van der Waals surface area contributed by atoms with Crippen LogP contribution in [0.1, 0.15) is 47.0 Å². The van der Waals surface area contributed by atoms with Crippen molar-refractivity contribution < 1.29 is 4.79 Å². The molecule has 2 unspecified atom stereocenters. The Morgan fingerprint density at radius 2 is 2.06 bits per heavy atom. The number of likely N-dealkylation sites (N-methyl/N-ethyl adjacent to an activating group) is 1. The van der Waals surface area contributed by atoms with E-state index in [0.717, 1.165) is 19.4 Å². The maximum absolute atomic E-state index is 11.5. The SMILES string of the molecule is CCCCN(CC(C)(NC)C(N)=O)C(C)CC. The van der Waals surface area contributed by atoms with Crippen LogP contribution in [0.2, 0.25) is 0 Å². The zero-order chi connectivity index (χ0) is 13.5. The Hall–Kier alpha value is -0.610. The van der Waals surface area contributed by atoms with Crippen molar-refractivity contribution in [2.45, 2.75) is 58.5 Å². The lowest BCUT2D eigenvalue weighted by Gasteiger charge is -2.36. The molecule has 0 aliphatic rings. The molecule has 17 heavy (non-hydrogen) atoms. The van der Waals surface area contributed by atoms with E-state index in [1.165, 1.54) is 6.42 Å². The molecule has 0 fully saturated rings. The molecule has 0 saturated carbocycles. The number of nitrogens with zero attached hydrogens (tertiary/aromatic N) is 1. The fourth-order valence-corrected chi connectivity index (χ4v) is 1.76. The van der Waals surface area contributed by atoms with Gasteiger partial charge in [0.15, 0.2) is 0 Å². The summed E-state index contributed by atoms with van der Waals surface area (Å²) in [6, 6.07) is 0.480. The first-order valence-electron chi connectivity index (χ1n) is 6.64. The highest BCUT2D eigenvalue weighted by Gasteiger charge is 2.32. The number of hydrogen-bond acceptors (Lipinski definition) is 3. The van der Waals surface area contributed by atoms with Crippen LogP contribution < -0.4 is 11.1 Å². The van der Waals surface area contributed by atoms with Crippen LogP contribution in [-0.2, 0) is 4.79 Å². The predicted molar refractivity (Wildman–Crippen MR) is 72.9 cm³/mol. The normalized spacial score (nSPS) is 16.8. The minimum atomic E-state index is -0.642. The summed E-state index contributed by atoms with van der Waals surface area (Å²) in [7, 11) is 1.79. The van der Waals surface area contributed by atoms with Crippen molar-refractivity contribution in [3.63, 3.8) is 0 Å². The largest absolute Gasteiger partial charge is 0.368 e. The van der Waals surface area contributed by atoms with Gasteiger partial charge in [0.25, 0.3) is 0 Å². The summed E-state index contributed by atoms with van der Waals surface area (Å²) in [5.74, 6) is -0.287. The summed E-state index contributed by atoms with van der Waals surface area (Å²) in [6.07, 6.45) is 3.41. The fourth-order valence-electron chi connectivity index (χ4n) is 1.76. The molecule has 0 radical (unpaired) electrons. The first-order valence-corrected chi connectivity index (χ1v) is 6.64. The van der Waals surface area contributed by atoms with E-state index in [4.69, 9.17) is 5.73 Å². The highest BCUT2D eigenvalue weighted by molar-refractivity contribution is 5.84. The van der Waals surface area contributed by atoms with Crippen LogP contribution in [0.25, 0.3) is 0 Å². The fraction of sp³-hybridized carbons (Fsp3) is 0.923. The van der Waals surface area contributed by atoms with Gasteiger partial charge in [-0.3, -0.25) is 9.69 Å². The van der Waals surface area contributed by atoms with Gasteiger partial charge in [0.2, 0.25) is 5.91 Å². The first-order chi connectivity index (χ1) is 7.91. The molecule has 0 aromatic rings. The highest BCUT2D eigenvalue weighted by atomic mass is 16.1. The number of carbonyl (C=O) groups is 1. The average Bonchev–Trinajstić information content (AvgIpc) is 2.32. The second-order valence-electron chi connectivity index (χ2n) is 5.03. The molecule has 3 N–H and O–H groups in total. The van der Waals surface area contributed by atoms with Crippen LogP contribution >= 0.6 is 0 Å². The Labute approximate surface area is 106 Å². The Kier molecular flexibility index (Phi) is 7.39. The first kappa shape index (κ1) is 16.4. The molecule has 0 heterocycles. The van der Waals surface area contributed by atoms with Gasteiger partial charge < -0.3 is 11.1 Å². The second kappa shape index (κ2) is 7.67. The van der Waals surface area contributed by atoms with Crippen LogP contribution in [0.5, 0.6) is 0 Å². The Balaban J connectivity index is 4.64. The standard InChI is InChI=1S/C13H29N3O/c1-6-8-9-16(11(3)7-2)10-13(4,15-5)12(14)17/h11,15H,6-10H2,1-5H3,(H2,14,17). The molecule has 0 aliphatic heterocycles.